The van der Waals surface area contributed by atoms with Crippen LogP contribution in [0.5, 0.6) is 0 Å². The van der Waals surface area contributed by atoms with Gasteiger partial charge in [0.2, 0.25) is 11.8 Å². The van der Waals surface area contributed by atoms with E-state index in [1.165, 1.54) is 11.3 Å². The molecule has 4 rings (SSSR count). The Morgan fingerprint density at radius 3 is 2.78 bits per heavy atom. The molecule has 1 N–H and O–H groups in total. The number of carbonyl (C=O) groups excluding carboxylic acids is 2. The lowest BCUT2D eigenvalue weighted by molar-refractivity contribution is -0.131. The van der Waals surface area contributed by atoms with E-state index in [1.54, 1.807) is 31.2 Å². The zero-order valence-electron chi connectivity index (χ0n) is 13.9. The summed E-state index contributed by atoms with van der Waals surface area (Å²) in [7, 11) is 0. The topological polar surface area (TPSA) is 88.3 Å². The molecule has 10 heteroatoms. The number of halogens is 2. The second-order valence-electron chi connectivity index (χ2n) is 6.08. The van der Waals surface area contributed by atoms with Crippen LogP contribution in [0.15, 0.2) is 39.4 Å². The van der Waals surface area contributed by atoms with Gasteiger partial charge in [0, 0.05) is 5.02 Å². The lowest BCUT2D eigenvalue weighted by Gasteiger charge is -2.20. The number of hydrogen-bond acceptors (Lipinski definition) is 6. The molecule has 0 bridgehead atoms. The van der Waals surface area contributed by atoms with Gasteiger partial charge in [-0.25, -0.2) is 4.79 Å². The number of amides is 3. The summed E-state index contributed by atoms with van der Waals surface area (Å²) in [5, 5.41) is 15.1. The Kier molecular flexibility index (Phi) is 4.41. The van der Waals surface area contributed by atoms with Crippen LogP contribution in [0.4, 0.5) is 4.79 Å². The maximum Gasteiger partial charge on any atom is 0.325 e. The van der Waals surface area contributed by atoms with E-state index in [0.717, 1.165) is 10.5 Å². The predicted molar refractivity (Wildman–Crippen MR) is 101 cm³/mol. The third kappa shape index (κ3) is 3.09. The van der Waals surface area contributed by atoms with Crippen molar-refractivity contribution in [3.05, 3.63) is 56.5 Å². The predicted octanol–water partition coefficient (Wildman–Crippen LogP) is 4.07. The third-order valence-electron chi connectivity index (χ3n) is 4.30. The zero-order chi connectivity index (χ0) is 19.2. The van der Waals surface area contributed by atoms with Gasteiger partial charge in [0.15, 0.2) is 0 Å². The van der Waals surface area contributed by atoms with E-state index in [-0.39, 0.29) is 24.2 Å². The first-order valence-electron chi connectivity index (χ1n) is 7.83. The molecule has 3 aromatic rings. The highest BCUT2D eigenvalue weighted by Crippen LogP contribution is 2.32. The van der Waals surface area contributed by atoms with E-state index in [9.17, 15) is 9.59 Å². The number of carbonyl (C=O) groups is 2. The van der Waals surface area contributed by atoms with Gasteiger partial charge in [-0.3, -0.25) is 9.69 Å². The van der Waals surface area contributed by atoms with Gasteiger partial charge < -0.3 is 9.73 Å². The highest BCUT2D eigenvalue weighted by atomic mass is 35.5. The molecule has 1 saturated heterocycles. The maximum absolute atomic E-state index is 12.8. The van der Waals surface area contributed by atoms with E-state index in [0.29, 0.717) is 15.6 Å². The maximum atomic E-state index is 12.8. The zero-order valence-corrected chi connectivity index (χ0v) is 16.2. The van der Waals surface area contributed by atoms with E-state index in [4.69, 9.17) is 27.6 Å². The molecule has 1 aliphatic heterocycles. The highest BCUT2D eigenvalue weighted by Gasteiger charge is 2.49. The lowest BCUT2D eigenvalue weighted by Crippen LogP contribution is -2.40. The van der Waals surface area contributed by atoms with Crippen LogP contribution in [0.3, 0.4) is 0 Å². The van der Waals surface area contributed by atoms with Crippen molar-refractivity contribution in [2.45, 2.75) is 19.0 Å². The summed E-state index contributed by atoms with van der Waals surface area (Å²) in [6, 6.07) is 6.16. The van der Waals surface area contributed by atoms with E-state index < -0.39 is 11.6 Å². The summed E-state index contributed by atoms with van der Waals surface area (Å²) in [5.41, 5.74) is 0.132. The summed E-state index contributed by atoms with van der Waals surface area (Å²) in [6.07, 6.45) is 0. The van der Waals surface area contributed by atoms with Gasteiger partial charge in [-0.05, 0) is 47.5 Å². The monoisotopic (exact) mass is 422 g/mol. The molecular weight excluding hydrogens is 411 g/mol. The highest BCUT2D eigenvalue weighted by molar-refractivity contribution is 7.08. The summed E-state index contributed by atoms with van der Waals surface area (Å²) >= 11 is 13.5. The summed E-state index contributed by atoms with van der Waals surface area (Å²) in [4.78, 5) is 26.2. The number of thiophene rings is 1. The Morgan fingerprint density at radius 1 is 1.26 bits per heavy atom. The molecule has 3 amide bonds. The second-order valence-corrected chi connectivity index (χ2v) is 7.71. The van der Waals surface area contributed by atoms with Crippen molar-refractivity contribution in [1.82, 2.24) is 20.4 Å². The minimum atomic E-state index is -1.11. The van der Waals surface area contributed by atoms with Crippen LogP contribution in [0.2, 0.25) is 10.0 Å². The van der Waals surface area contributed by atoms with Crippen molar-refractivity contribution in [2.75, 3.05) is 0 Å². The molecule has 0 radical (unpaired) electrons. The number of aromatic nitrogens is 2. The van der Waals surface area contributed by atoms with Crippen LogP contribution in [-0.4, -0.2) is 27.0 Å². The standard InChI is InChI=1S/C17H12Cl2N4O3S/c1-17(9-4-5-27-8-9)15(24)23(16(25)20-17)7-13-21-22-14(26-13)11-3-2-10(18)6-12(11)19/h2-6,8H,7H2,1H3,(H,20,25). The van der Waals surface area contributed by atoms with Crippen LogP contribution < -0.4 is 5.32 Å². The molecule has 1 atom stereocenters. The van der Waals surface area contributed by atoms with Crippen molar-refractivity contribution < 1.29 is 14.0 Å². The van der Waals surface area contributed by atoms with Crippen molar-refractivity contribution >= 4 is 46.5 Å². The van der Waals surface area contributed by atoms with Crippen LogP contribution in [-0.2, 0) is 16.9 Å². The molecule has 2 aromatic heterocycles. The molecule has 7 nitrogen and oxygen atoms in total. The van der Waals surface area contributed by atoms with Crippen LogP contribution in [0.1, 0.15) is 18.4 Å². The van der Waals surface area contributed by atoms with Gasteiger partial charge in [-0.15, -0.1) is 10.2 Å². The molecule has 3 heterocycles. The molecule has 0 spiro atoms. The molecule has 1 aliphatic rings. The average Bonchev–Trinajstić information content (AvgIpc) is 3.34. The number of benzene rings is 1. The van der Waals surface area contributed by atoms with E-state index in [1.807, 2.05) is 10.8 Å². The first kappa shape index (κ1) is 18.0. The van der Waals surface area contributed by atoms with Crippen molar-refractivity contribution in [2.24, 2.45) is 0 Å². The minimum Gasteiger partial charge on any atom is -0.419 e. The Balaban J connectivity index is 1.57. The van der Waals surface area contributed by atoms with Crippen LogP contribution in [0.25, 0.3) is 11.5 Å². The fraction of sp³-hybridized carbons (Fsp3) is 0.176. The Morgan fingerprint density at radius 2 is 2.07 bits per heavy atom. The lowest BCUT2D eigenvalue weighted by atomic mass is 9.95. The number of nitrogens with one attached hydrogen (secondary N) is 1. The summed E-state index contributed by atoms with van der Waals surface area (Å²) in [5.74, 6) is -0.0800. The largest absolute Gasteiger partial charge is 0.419 e. The molecule has 1 aromatic carbocycles. The fourth-order valence-corrected chi connectivity index (χ4v) is 4.06. The molecule has 0 saturated carbocycles. The molecule has 1 fully saturated rings. The Labute approximate surface area is 167 Å². The number of hydrogen-bond donors (Lipinski definition) is 1. The number of urea groups is 1. The summed E-state index contributed by atoms with van der Waals surface area (Å²) < 4.78 is 5.59. The normalized spacial score (nSPS) is 19.6. The molecular formula is C17H12Cl2N4O3S. The number of nitrogens with zero attached hydrogens (tertiary/aromatic N) is 3. The molecule has 138 valence electrons. The van der Waals surface area contributed by atoms with Crippen molar-refractivity contribution in [3.63, 3.8) is 0 Å². The van der Waals surface area contributed by atoms with E-state index in [2.05, 4.69) is 15.5 Å². The Bertz CT molecular complexity index is 1040. The average molecular weight is 423 g/mol. The van der Waals surface area contributed by atoms with E-state index >= 15 is 0 Å². The third-order valence-corrected chi connectivity index (χ3v) is 5.53. The van der Waals surface area contributed by atoms with Gasteiger partial charge in [0.25, 0.3) is 5.91 Å². The molecule has 0 aliphatic carbocycles. The first-order chi connectivity index (χ1) is 12.9. The quantitative estimate of drug-likeness (QED) is 0.639. The van der Waals surface area contributed by atoms with Gasteiger partial charge in [-0.1, -0.05) is 23.2 Å². The van der Waals surface area contributed by atoms with Gasteiger partial charge >= 0.3 is 6.03 Å². The molecule has 1 unspecified atom stereocenters. The minimum absolute atomic E-state index is 0.120. The van der Waals surface area contributed by atoms with Crippen LogP contribution in [0, 0.1) is 0 Å². The first-order valence-corrected chi connectivity index (χ1v) is 9.53. The van der Waals surface area contributed by atoms with Crippen LogP contribution >= 0.6 is 34.5 Å². The summed E-state index contributed by atoms with van der Waals surface area (Å²) in [6.45, 7) is 1.53. The van der Waals surface area contributed by atoms with Crippen molar-refractivity contribution in [1.29, 1.82) is 0 Å². The second kappa shape index (κ2) is 6.63. The SMILES string of the molecule is CC1(c2ccsc2)NC(=O)N(Cc2nnc(-c3ccc(Cl)cc3Cl)o2)C1=O. The number of imide groups is 1. The van der Waals surface area contributed by atoms with Crippen molar-refractivity contribution in [3.8, 4) is 11.5 Å². The number of rotatable bonds is 4. The smallest absolute Gasteiger partial charge is 0.325 e. The van der Waals surface area contributed by atoms with Gasteiger partial charge in [-0.2, -0.15) is 11.3 Å². The fourth-order valence-electron chi connectivity index (χ4n) is 2.81. The Hall–Kier alpha value is -2.42. The van der Waals surface area contributed by atoms with Gasteiger partial charge in [0.05, 0.1) is 10.6 Å². The molecule has 27 heavy (non-hydrogen) atoms. The van der Waals surface area contributed by atoms with Gasteiger partial charge in [0.1, 0.15) is 12.1 Å².